The van der Waals surface area contributed by atoms with Crippen LogP contribution in [0.2, 0.25) is 0 Å². The van der Waals surface area contributed by atoms with Crippen LogP contribution in [0.1, 0.15) is 58.4 Å². The van der Waals surface area contributed by atoms with Crippen LogP contribution in [0.3, 0.4) is 0 Å². The van der Waals surface area contributed by atoms with Gasteiger partial charge in [0.25, 0.3) is 0 Å². The predicted molar refractivity (Wildman–Crippen MR) is 111 cm³/mol. The van der Waals surface area contributed by atoms with Crippen LogP contribution in [0.5, 0.6) is 0 Å². The van der Waals surface area contributed by atoms with E-state index in [1.54, 1.807) is 13.0 Å². The first-order chi connectivity index (χ1) is 13.4. The Kier molecular flexibility index (Phi) is 6.53. The largest absolute Gasteiger partial charge is 0.462 e. The van der Waals surface area contributed by atoms with Crippen molar-refractivity contribution in [2.45, 2.75) is 59.0 Å². The van der Waals surface area contributed by atoms with E-state index in [9.17, 15) is 9.18 Å². The van der Waals surface area contributed by atoms with Crippen molar-refractivity contribution in [1.82, 2.24) is 0 Å². The number of esters is 1. The summed E-state index contributed by atoms with van der Waals surface area (Å²) in [5.41, 5.74) is 2.04. The van der Waals surface area contributed by atoms with Crippen molar-refractivity contribution < 1.29 is 13.9 Å². The summed E-state index contributed by atoms with van der Waals surface area (Å²) in [7, 11) is 0. The van der Waals surface area contributed by atoms with Crippen molar-refractivity contribution in [3.8, 4) is 11.1 Å². The van der Waals surface area contributed by atoms with Crippen LogP contribution in [-0.2, 0) is 9.53 Å². The van der Waals surface area contributed by atoms with Crippen molar-refractivity contribution in [3.63, 3.8) is 0 Å². The van der Waals surface area contributed by atoms with E-state index in [0.29, 0.717) is 28.9 Å². The van der Waals surface area contributed by atoms with Crippen LogP contribution in [0.25, 0.3) is 11.1 Å². The standard InChI is InChI=1S/C25H31FO2/c1-16(2)21-12-10-17(3)14-24(21)28-25(27)18(4)20-11-13-22(23(26)15-20)19-8-6-5-7-9-19/h5-9,11,13,15-18,21,24H,10,12,14H2,1-4H3/t17?,18-,21?,24?/m0/s1. The zero-order chi connectivity index (χ0) is 20.3. The molecule has 3 heteroatoms. The van der Waals surface area contributed by atoms with Gasteiger partial charge in [0, 0.05) is 5.56 Å². The maximum Gasteiger partial charge on any atom is 0.313 e. The molecule has 0 spiro atoms. The monoisotopic (exact) mass is 382 g/mol. The minimum atomic E-state index is -0.482. The molecule has 0 aromatic heterocycles. The SMILES string of the molecule is CC1CCC(C(C)C)C(OC(=O)[C@@H](C)c2ccc(-c3ccccc3)c(F)c2)C1. The molecule has 0 saturated heterocycles. The number of hydrogen-bond acceptors (Lipinski definition) is 2. The summed E-state index contributed by atoms with van der Waals surface area (Å²) in [5.74, 6) is 0.425. The average Bonchev–Trinajstić information content (AvgIpc) is 2.67. The fraction of sp³-hybridized carbons (Fsp3) is 0.480. The van der Waals surface area contributed by atoms with Gasteiger partial charge in [-0.3, -0.25) is 4.79 Å². The summed E-state index contributed by atoms with van der Waals surface area (Å²) >= 11 is 0. The lowest BCUT2D eigenvalue weighted by Gasteiger charge is -2.37. The van der Waals surface area contributed by atoms with Gasteiger partial charge in [0.2, 0.25) is 0 Å². The molecule has 1 saturated carbocycles. The molecule has 1 aliphatic rings. The first kappa shape index (κ1) is 20.6. The van der Waals surface area contributed by atoms with Crippen LogP contribution in [0, 0.1) is 23.6 Å². The number of halogens is 1. The van der Waals surface area contributed by atoms with Gasteiger partial charge in [0.1, 0.15) is 11.9 Å². The third-order valence-electron chi connectivity index (χ3n) is 6.16. The Balaban J connectivity index is 1.73. The molecule has 150 valence electrons. The first-order valence-corrected chi connectivity index (χ1v) is 10.4. The van der Waals surface area contributed by atoms with Crippen LogP contribution >= 0.6 is 0 Å². The molecule has 0 heterocycles. The maximum atomic E-state index is 14.7. The van der Waals surface area contributed by atoms with Crippen LogP contribution in [-0.4, -0.2) is 12.1 Å². The second-order valence-electron chi connectivity index (χ2n) is 8.63. The second-order valence-corrected chi connectivity index (χ2v) is 8.63. The maximum absolute atomic E-state index is 14.7. The number of ether oxygens (including phenoxy) is 1. The lowest BCUT2D eigenvalue weighted by Crippen LogP contribution is -2.36. The van der Waals surface area contributed by atoms with Crippen molar-refractivity contribution >= 4 is 5.97 Å². The molecular weight excluding hydrogens is 351 g/mol. The molecule has 1 aliphatic carbocycles. The Morgan fingerprint density at radius 1 is 1.07 bits per heavy atom. The van der Waals surface area contributed by atoms with Crippen molar-refractivity contribution in [1.29, 1.82) is 0 Å². The molecule has 28 heavy (non-hydrogen) atoms. The Hall–Kier alpha value is -2.16. The number of rotatable bonds is 5. The minimum absolute atomic E-state index is 0.0351. The van der Waals surface area contributed by atoms with Gasteiger partial charge in [-0.1, -0.05) is 69.7 Å². The number of benzene rings is 2. The highest BCUT2D eigenvalue weighted by molar-refractivity contribution is 5.78. The Morgan fingerprint density at radius 2 is 1.79 bits per heavy atom. The third-order valence-corrected chi connectivity index (χ3v) is 6.16. The van der Waals surface area contributed by atoms with Crippen molar-refractivity contribution in [2.24, 2.45) is 17.8 Å². The molecule has 2 aromatic rings. The zero-order valence-corrected chi connectivity index (χ0v) is 17.3. The van der Waals surface area contributed by atoms with Gasteiger partial charge in [-0.05, 0) is 54.7 Å². The highest BCUT2D eigenvalue weighted by Gasteiger charge is 2.34. The highest BCUT2D eigenvalue weighted by atomic mass is 19.1. The molecule has 3 unspecified atom stereocenters. The van der Waals surface area contributed by atoms with Crippen molar-refractivity contribution in [3.05, 3.63) is 59.9 Å². The van der Waals surface area contributed by atoms with E-state index < -0.39 is 5.92 Å². The van der Waals surface area contributed by atoms with E-state index in [1.807, 2.05) is 36.4 Å². The Bertz CT molecular complexity index is 799. The van der Waals surface area contributed by atoms with E-state index in [-0.39, 0.29) is 17.9 Å². The van der Waals surface area contributed by atoms with E-state index in [2.05, 4.69) is 20.8 Å². The molecular formula is C25H31FO2. The molecule has 0 aliphatic heterocycles. The van der Waals surface area contributed by atoms with E-state index in [0.717, 1.165) is 18.4 Å². The van der Waals surface area contributed by atoms with E-state index in [4.69, 9.17) is 4.74 Å². The van der Waals surface area contributed by atoms with Gasteiger partial charge in [-0.15, -0.1) is 0 Å². The molecule has 1 fully saturated rings. The van der Waals surface area contributed by atoms with Crippen LogP contribution in [0.4, 0.5) is 4.39 Å². The van der Waals surface area contributed by atoms with Gasteiger partial charge in [0.05, 0.1) is 5.92 Å². The normalized spacial score (nSPS) is 23.4. The molecule has 0 bridgehead atoms. The van der Waals surface area contributed by atoms with Crippen LogP contribution in [0.15, 0.2) is 48.5 Å². The molecule has 0 N–H and O–H groups in total. The fourth-order valence-electron chi connectivity index (χ4n) is 4.29. The molecule has 0 amide bonds. The Labute approximate surface area is 168 Å². The predicted octanol–water partition coefficient (Wildman–Crippen LogP) is 6.60. The summed E-state index contributed by atoms with van der Waals surface area (Å²) in [4.78, 5) is 12.8. The highest BCUT2D eigenvalue weighted by Crippen LogP contribution is 2.36. The molecule has 4 atom stereocenters. The van der Waals surface area contributed by atoms with Crippen molar-refractivity contribution in [2.75, 3.05) is 0 Å². The summed E-state index contributed by atoms with van der Waals surface area (Å²) in [6.45, 7) is 8.42. The minimum Gasteiger partial charge on any atom is -0.462 e. The summed E-state index contributed by atoms with van der Waals surface area (Å²) in [5, 5.41) is 0. The third kappa shape index (κ3) is 4.63. The average molecular weight is 383 g/mol. The van der Waals surface area contributed by atoms with Gasteiger partial charge >= 0.3 is 5.97 Å². The summed E-state index contributed by atoms with van der Waals surface area (Å²) in [6, 6.07) is 14.5. The topological polar surface area (TPSA) is 26.3 Å². The molecule has 2 nitrogen and oxygen atoms in total. The number of hydrogen-bond donors (Lipinski definition) is 0. The quantitative estimate of drug-likeness (QED) is 0.545. The molecule has 3 rings (SSSR count). The zero-order valence-electron chi connectivity index (χ0n) is 17.3. The first-order valence-electron chi connectivity index (χ1n) is 10.4. The number of carbonyl (C=O) groups is 1. The van der Waals surface area contributed by atoms with Gasteiger partial charge < -0.3 is 4.74 Å². The van der Waals surface area contributed by atoms with Crippen LogP contribution < -0.4 is 0 Å². The van der Waals surface area contributed by atoms with Gasteiger partial charge in [-0.2, -0.15) is 0 Å². The van der Waals surface area contributed by atoms with Gasteiger partial charge in [-0.25, -0.2) is 4.39 Å². The van der Waals surface area contributed by atoms with E-state index in [1.165, 1.54) is 12.5 Å². The smallest absolute Gasteiger partial charge is 0.313 e. The second kappa shape index (κ2) is 8.89. The van der Waals surface area contributed by atoms with E-state index >= 15 is 0 Å². The van der Waals surface area contributed by atoms with Gasteiger partial charge in [0.15, 0.2) is 0 Å². The molecule has 0 radical (unpaired) electrons. The summed E-state index contributed by atoms with van der Waals surface area (Å²) < 4.78 is 20.6. The summed E-state index contributed by atoms with van der Waals surface area (Å²) in [6.07, 6.45) is 3.18. The number of carbonyl (C=O) groups excluding carboxylic acids is 1. The lowest BCUT2D eigenvalue weighted by atomic mass is 9.75. The lowest BCUT2D eigenvalue weighted by molar-refractivity contribution is -0.157. The molecule has 2 aromatic carbocycles. The Morgan fingerprint density at radius 3 is 2.43 bits per heavy atom. The fourth-order valence-corrected chi connectivity index (χ4v) is 4.29.